The van der Waals surface area contributed by atoms with Gasteiger partial charge in [0.15, 0.2) is 0 Å². The normalized spacial score (nSPS) is 20.8. The van der Waals surface area contributed by atoms with Gasteiger partial charge in [0.2, 0.25) is 10.0 Å². The Morgan fingerprint density at radius 3 is 2.89 bits per heavy atom. The highest BCUT2D eigenvalue weighted by Gasteiger charge is 2.35. The Bertz CT molecular complexity index is 567. The first kappa shape index (κ1) is 14.0. The molecule has 0 aliphatic carbocycles. The maximum atomic E-state index is 12.3. The second kappa shape index (κ2) is 5.27. The van der Waals surface area contributed by atoms with Gasteiger partial charge in [-0.05, 0) is 12.8 Å². The molecule has 106 valence electrons. The van der Waals surface area contributed by atoms with E-state index in [1.54, 1.807) is 0 Å². The summed E-state index contributed by atoms with van der Waals surface area (Å²) in [7, 11) is -3.72. The van der Waals surface area contributed by atoms with Crippen molar-refractivity contribution in [1.29, 1.82) is 0 Å². The molecule has 1 aromatic rings. The zero-order chi connectivity index (χ0) is 14.0. The van der Waals surface area contributed by atoms with Gasteiger partial charge in [-0.2, -0.15) is 9.40 Å². The molecule has 1 aliphatic rings. The molecule has 0 saturated carbocycles. The average molecular weight is 289 g/mol. The monoisotopic (exact) mass is 289 g/mol. The van der Waals surface area contributed by atoms with E-state index in [4.69, 9.17) is 10.2 Å². The van der Waals surface area contributed by atoms with E-state index in [0.29, 0.717) is 19.4 Å². The van der Waals surface area contributed by atoms with Crippen LogP contribution in [0.2, 0.25) is 0 Å². The van der Waals surface area contributed by atoms with Crippen molar-refractivity contribution in [1.82, 2.24) is 14.1 Å². The minimum Gasteiger partial charge on any atom is -0.480 e. The standard InChI is InChI=1S/C10H15N3O5S/c14-7-8-2-1-3-13(8)19(17,18)9-4-11-12(5-9)6-10(15)16/h4-5,8,14H,1-3,6-7H2,(H,15,16)/t8-/m1/s1. The molecular formula is C10H15N3O5S. The van der Waals surface area contributed by atoms with Crippen molar-refractivity contribution in [2.75, 3.05) is 13.2 Å². The Hall–Kier alpha value is -1.45. The van der Waals surface area contributed by atoms with Crippen LogP contribution in [-0.4, -0.2) is 57.9 Å². The van der Waals surface area contributed by atoms with Crippen LogP contribution >= 0.6 is 0 Å². The van der Waals surface area contributed by atoms with E-state index < -0.39 is 22.0 Å². The van der Waals surface area contributed by atoms with Gasteiger partial charge in [0.1, 0.15) is 11.4 Å². The van der Waals surface area contributed by atoms with Crippen molar-refractivity contribution < 1.29 is 23.4 Å². The molecule has 0 spiro atoms. The summed E-state index contributed by atoms with van der Waals surface area (Å²) in [6, 6.07) is -0.409. The number of carboxylic acids is 1. The summed E-state index contributed by atoms with van der Waals surface area (Å²) in [5.41, 5.74) is 0. The van der Waals surface area contributed by atoms with Crippen LogP contribution in [0.4, 0.5) is 0 Å². The molecule has 1 aliphatic heterocycles. The highest BCUT2D eigenvalue weighted by atomic mass is 32.2. The smallest absolute Gasteiger partial charge is 0.325 e. The first-order valence-corrected chi connectivity index (χ1v) is 7.26. The molecule has 2 heterocycles. The first-order valence-electron chi connectivity index (χ1n) is 5.82. The maximum absolute atomic E-state index is 12.3. The first-order chi connectivity index (χ1) is 8.95. The second-order valence-electron chi connectivity index (χ2n) is 4.36. The summed E-state index contributed by atoms with van der Waals surface area (Å²) < 4.78 is 26.9. The highest BCUT2D eigenvalue weighted by Crippen LogP contribution is 2.25. The molecule has 0 radical (unpaired) electrons. The van der Waals surface area contributed by atoms with Crippen LogP contribution in [0.3, 0.4) is 0 Å². The summed E-state index contributed by atoms with van der Waals surface area (Å²) in [5.74, 6) is -1.10. The van der Waals surface area contributed by atoms with Crippen LogP contribution in [0.5, 0.6) is 0 Å². The van der Waals surface area contributed by atoms with Gasteiger partial charge < -0.3 is 10.2 Å². The molecule has 2 rings (SSSR count). The van der Waals surface area contributed by atoms with Gasteiger partial charge in [0.25, 0.3) is 0 Å². The molecule has 1 aromatic heterocycles. The molecule has 0 amide bonds. The maximum Gasteiger partial charge on any atom is 0.325 e. The lowest BCUT2D eigenvalue weighted by Gasteiger charge is -2.21. The minimum absolute atomic E-state index is 0.0471. The van der Waals surface area contributed by atoms with Gasteiger partial charge >= 0.3 is 5.97 Å². The zero-order valence-electron chi connectivity index (χ0n) is 10.1. The molecule has 0 aromatic carbocycles. The predicted octanol–water partition coefficient (Wildman–Crippen LogP) is -0.887. The van der Waals surface area contributed by atoms with Gasteiger partial charge in [-0.15, -0.1) is 0 Å². The number of sulfonamides is 1. The summed E-state index contributed by atoms with van der Waals surface area (Å²) >= 11 is 0. The van der Waals surface area contributed by atoms with Gasteiger partial charge in [-0.3, -0.25) is 9.48 Å². The minimum atomic E-state index is -3.72. The number of hydrogen-bond donors (Lipinski definition) is 2. The lowest BCUT2D eigenvalue weighted by molar-refractivity contribution is -0.137. The van der Waals surface area contributed by atoms with Gasteiger partial charge in [-0.1, -0.05) is 0 Å². The van der Waals surface area contributed by atoms with Crippen LogP contribution < -0.4 is 0 Å². The van der Waals surface area contributed by atoms with E-state index in [0.717, 1.165) is 10.9 Å². The van der Waals surface area contributed by atoms with Crippen LogP contribution in [0, 0.1) is 0 Å². The van der Waals surface area contributed by atoms with Crippen LogP contribution in [0.25, 0.3) is 0 Å². The Morgan fingerprint density at radius 1 is 1.53 bits per heavy atom. The third kappa shape index (κ3) is 2.77. The number of aliphatic hydroxyl groups excluding tert-OH is 1. The Labute approximate surface area is 110 Å². The van der Waals surface area contributed by atoms with Crippen molar-refractivity contribution in [3.63, 3.8) is 0 Å². The van der Waals surface area contributed by atoms with Crippen LogP contribution in [-0.2, 0) is 21.4 Å². The van der Waals surface area contributed by atoms with E-state index in [-0.39, 0.29) is 18.0 Å². The lowest BCUT2D eigenvalue weighted by Crippen LogP contribution is -2.37. The fraction of sp³-hybridized carbons (Fsp3) is 0.600. The lowest BCUT2D eigenvalue weighted by atomic mass is 10.2. The van der Waals surface area contributed by atoms with Gasteiger partial charge in [0.05, 0.1) is 12.8 Å². The number of aromatic nitrogens is 2. The zero-order valence-corrected chi connectivity index (χ0v) is 11.0. The second-order valence-corrected chi connectivity index (χ2v) is 6.25. The van der Waals surface area contributed by atoms with E-state index in [1.807, 2.05) is 0 Å². The number of nitrogens with zero attached hydrogens (tertiary/aromatic N) is 3. The molecule has 2 N–H and O–H groups in total. The van der Waals surface area contributed by atoms with Crippen molar-refractivity contribution in [3.8, 4) is 0 Å². The summed E-state index contributed by atoms with van der Waals surface area (Å²) in [4.78, 5) is 10.5. The summed E-state index contributed by atoms with van der Waals surface area (Å²) in [6.45, 7) is -0.251. The Balaban J connectivity index is 2.24. The predicted molar refractivity (Wildman–Crippen MR) is 63.9 cm³/mol. The third-order valence-electron chi connectivity index (χ3n) is 3.05. The molecule has 0 bridgehead atoms. The molecule has 19 heavy (non-hydrogen) atoms. The van der Waals surface area contributed by atoms with E-state index in [1.165, 1.54) is 10.5 Å². The quantitative estimate of drug-likeness (QED) is 0.727. The third-order valence-corrected chi connectivity index (χ3v) is 4.95. The van der Waals surface area contributed by atoms with Gasteiger partial charge in [-0.25, -0.2) is 8.42 Å². The summed E-state index contributed by atoms with van der Waals surface area (Å²) in [5, 5.41) is 21.5. The van der Waals surface area contributed by atoms with Crippen molar-refractivity contribution in [2.24, 2.45) is 0 Å². The van der Waals surface area contributed by atoms with Crippen molar-refractivity contribution in [3.05, 3.63) is 12.4 Å². The Kier molecular flexibility index (Phi) is 3.88. The molecule has 1 saturated heterocycles. The molecule has 1 fully saturated rings. The molecule has 8 nitrogen and oxygen atoms in total. The number of hydrogen-bond acceptors (Lipinski definition) is 5. The van der Waals surface area contributed by atoms with E-state index >= 15 is 0 Å². The SMILES string of the molecule is O=C(O)Cn1cc(S(=O)(=O)N2CCC[C@@H]2CO)cn1. The van der Waals surface area contributed by atoms with E-state index in [9.17, 15) is 13.2 Å². The number of carbonyl (C=O) groups is 1. The summed E-state index contributed by atoms with van der Waals surface area (Å²) in [6.07, 6.45) is 3.65. The topological polar surface area (TPSA) is 113 Å². The fourth-order valence-electron chi connectivity index (χ4n) is 2.15. The number of aliphatic carboxylic acids is 1. The number of rotatable bonds is 5. The van der Waals surface area contributed by atoms with Gasteiger partial charge in [0, 0.05) is 18.8 Å². The van der Waals surface area contributed by atoms with Crippen molar-refractivity contribution in [2.45, 2.75) is 30.3 Å². The van der Waals surface area contributed by atoms with Crippen molar-refractivity contribution >= 4 is 16.0 Å². The highest BCUT2D eigenvalue weighted by molar-refractivity contribution is 7.89. The van der Waals surface area contributed by atoms with Crippen LogP contribution in [0.1, 0.15) is 12.8 Å². The molecule has 0 unspecified atom stereocenters. The van der Waals surface area contributed by atoms with Crippen LogP contribution in [0.15, 0.2) is 17.3 Å². The molecule has 9 heteroatoms. The average Bonchev–Trinajstić information content (AvgIpc) is 2.95. The Morgan fingerprint density at radius 2 is 2.26 bits per heavy atom. The molecule has 1 atom stereocenters. The van der Waals surface area contributed by atoms with E-state index in [2.05, 4.69) is 5.10 Å². The fourth-order valence-corrected chi connectivity index (χ4v) is 3.79. The number of aliphatic hydroxyl groups is 1. The molecular weight excluding hydrogens is 274 g/mol. The largest absolute Gasteiger partial charge is 0.480 e. The number of carboxylic acid groups (broad SMARTS) is 1.